The van der Waals surface area contributed by atoms with Gasteiger partial charge in [-0.05, 0) is 42.0 Å². The van der Waals surface area contributed by atoms with Gasteiger partial charge in [0.15, 0.2) is 0 Å². The van der Waals surface area contributed by atoms with Gasteiger partial charge in [0, 0.05) is 31.1 Å². The van der Waals surface area contributed by atoms with Crippen LogP contribution in [0.25, 0.3) is 0 Å². The van der Waals surface area contributed by atoms with Crippen molar-refractivity contribution in [3.63, 3.8) is 0 Å². The van der Waals surface area contributed by atoms with E-state index < -0.39 is 0 Å². The summed E-state index contributed by atoms with van der Waals surface area (Å²) in [6.45, 7) is 0.880. The molecule has 1 atom stereocenters. The molecule has 1 aliphatic heterocycles. The van der Waals surface area contributed by atoms with E-state index in [2.05, 4.69) is 5.32 Å². The number of hydrogen-bond acceptors (Lipinski definition) is 2. The van der Waals surface area contributed by atoms with Crippen LogP contribution in [0.3, 0.4) is 0 Å². The van der Waals surface area contributed by atoms with E-state index >= 15 is 0 Å². The molecule has 1 heterocycles. The molecule has 130 valence electrons. The highest BCUT2D eigenvalue weighted by atomic mass is 19.1. The molecule has 6 heteroatoms. The summed E-state index contributed by atoms with van der Waals surface area (Å²) in [7, 11) is 0. The zero-order valence-electron chi connectivity index (χ0n) is 13.5. The summed E-state index contributed by atoms with van der Waals surface area (Å²) >= 11 is 0. The molecule has 1 aliphatic rings. The number of nitrogens with one attached hydrogen (secondary N) is 1. The van der Waals surface area contributed by atoms with Gasteiger partial charge < -0.3 is 10.2 Å². The molecular formula is C19H18F2N2O2. The van der Waals surface area contributed by atoms with Gasteiger partial charge in [-0.3, -0.25) is 9.59 Å². The molecule has 25 heavy (non-hydrogen) atoms. The summed E-state index contributed by atoms with van der Waals surface area (Å²) in [5.74, 6) is -0.882. The fourth-order valence-electron chi connectivity index (χ4n) is 2.90. The molecule has 0 saturated carbocycles. The first-order chi connectivity index (χ1) is 12.0. The van der Waals surface area contributed by atoms with Gasteiger partial charge in [-0.1, -0.05) is 12.1 Å². The van der Waals surface area contributed by atoms with E-state index in [1.807, 2.05) is 0 Å². The van der Waals surface area contributed by atoms with Crippen molar-refractivity contribution < 1.29 is 18.4 Å². The summed E-state index contributed by atoms with van der Waals surface area (Å²) < 4.78 is 25.8. The number of rotatable bonds is 5. The lowest BCUT2D eigenvalue weighted by Gasteiger charge is -2.17. The third kappa shape index (κ3) is 4.41. The predicted octanol–water partition coefficient (Wildman–Crippen LogP) is 2.68. The van der Waals surface area contributed by atoms with Gasteiger partial charge in [0.05, 0.1) is 6.42 Å². The molecular weight excluding hydrogens is 326 g/mol. The molecule has 2 aromatic rings. The van der Waals surface area contributed by atoms with Crippen LogP contribution < -0.4 is 10.2 Å². The fraction of sp³-hybridized carbons (Fsp3) is 0.263. The second kappa shape index (κ2) is 7.42. The van der Waals surface area contributed by atoms with Crippen molar-refractivity contribution in [1.82, 2.24) is 5.32 Å². The number of halogens is 2. The minimum absolute atomic E-state index is 0.00900. The topological polar surface area (TPSA) is 49.4 Å². The van der Waals surface area contributed by atoms with Crippen molar-refractivity contribution in [3.8, 4) is 0 Å². The fourth-order valence-corrected chi connectivity index (χ4v) is 2.90. The molecule has 4 nitrogen and oxygen atoms in total. The van der Waals surface area contributed by atoms with E-state index in [-0.39, 0.29) is 35.8 Å². The highest BCUT2D eigenvalue weighted by molar-refractivity contribution is 5.95. The van der Waals surface area contributed by atoms with E-state index in [9.17, 15) is 18.4 Å². The van der Waals surface area contributed by atoms with Crippen molar-refractivity contribution in [3.05, 3.63) is 65.7 Å². The summed E-state index contributed by atoms with van der Waals surface area (Å²) in [5.41, 5.74) is 1.39. The smallest absolute Gasteiger partial charge is 0.227 e. The number of carbonyl (C=O) groups is 2. The minimum Gasteiger partial charge on any atom is -0.355 e. The zero-order chi connectivity index (χ0) is 17.8. The summed E-state index contributed by atoms with van der Waals surface area (Å²) in [6, 6.07) is 11.6. The summed E-state index contributed by atoms with van der Waals surface area (Å²) in [6.07, 6.45) is 0.511. The molecule has 0 bridgehead atoms. The molecule has 1 N–H and O–H groups in total. The van der Waals surface area contributed by atoms with Crippen LogP contribution in [0.4, 0.5) is 14.5 Å². The van der Waals surface area contributed by atoms with Crippen LogP contribution >= 0.6 is 0 Å². The first-order valence-corrected chi connectivity index (χ1v) is 8.08. The number of benzene rings is 2. The maximum Gasteiger partial charge on any atom is 0.227 e. The van der Waals surface area contributed by atoms with Crippen molar-refractivity contribution in [2.75, 3.05) is 18.0 Å². The highest BCUT2D eigenvalue weighted by Gasteiger charge is 2.30. The Bertz CT molecular complexity index is 760. The van der Waals surface area contributed by atoms with E-state index in [1.165, 1.54) is 24.3 Å². The van der Waals surface area contributed by atoms with Crippen molar-refractivity contribution in [2.45, 2.75) is 12.8 Å². The quantitative estimate of drug-likeness (QED) is 0.907. The van der Waals surface area contributed by atoms with E-state index in [1.54, 1.807) is 29.2 Å². The average molecular weight is 344 g/mol. The Balaban J connectivity index is 1.50. The molecule has 0 spiro atoms. The largest absolute Gasteiger partial charge is 0.355 e. The lowest BCUT2D eigenvalue weighted by Crippen LogP contribution is -2.32. The predicted molar refractivity (Wildman–Crippen MR) is 90.0 cm³/mol. The minimum atomic E-state index is -0.347. The zero-order valence-corrected chi connectivity index (χ0v) is 13.5. The SMILES string of the molecule is O=C(Cc1ccc(F)cc1)NCC1CC(=O)N(c2ccc(F)cc2)C1. The van der Waals surface area contributed by atoms with Gasteiger partial charge in [0.25, 0.3) is 0 Å². The van der Waals surface area contributed by atoms with Crippen LogP contribution in [0.15, 0.2) is 48.5 Å². The van der Waals surface area contributed by atoms with Gasteiger partial charge in [-0.25, -0.2) is 8.78 Å². The first-order valence-electron chi connectivity index (χ1n) is 8.08. The van der Waals surface area contributed by atoms with Crippen LogP contribution in [-0.2, 0) is 16.0 Å². The van der Waals surface area contributed by atoms with E-state index in [0.29, 0.717) is 25.2 Å². The second-order valence-electron chi connectivity index (χ2n) is 6.16. The monoisotopic (exact) mass is 344 g/mol. The van der Waals surface area contributed by atoms with Crippen molar-refractivity contribution >= 4 is 17.5 Å². The highest BCUT2D eigenvalue weighted by Crippen LogP contribution is 2.24. The first kappa shape index (κ1) is 17.1. The molecule has 2 aromatic carbocycles. The standard InChI is InChI=1S/C19H18F2N2O2/c20-15-3-1-13(2-4-15)9-18(24)22-11-14-10-19(25)23(12-14)17-7-5-16(21)6-8-17/h1-8,14H,9-12H2,(H,22,24). The molecule has 3 rings (SSSR count). The van der Waals surface area contributed by atoms with Crippen LogP contribution in [0.5, 0.6) is 0 Å². The number of carbonyl (C=O) groups excluding carboxylic acids is 2. The van der Waals surface area contributed by atoms with Crippen molar-refractivity contribution in [1.29, 1.82) is 0 Å². The Labute approximate surface area is 144 Å². The van der Waals surface area contributed by atoms with Gasteiger partial charge >= 0.3 is 0 Å². The van der Waals surface area contributed by atoms with Gasteiger partial charge in [0.2, 0.25) is 11.8 Å². The average Bonchev–Trinajstić information content (AvgIpc) is 2.97. The van der Waals surface area contributed by atoms with Crippen molar-refractivity contribution in [2.24, 2.45) is 5.92 Å². The maximum atomic E-state index is 13.0. The lowest BCUT2D eigenvalue weighted by atomic mass is 10.1. The van der Waals surface area contributed by atoms with Crippen LogP contribution in [0.2, 0.25) is 0 Å². The summed E-state index contributed by atoms with van der Waals surface area (Å²) in [5, 5.41) is 2.82. The Kier molecular flexibility index (Phi) is 5.07. The third-order valence-electron chi connectivity index (χ3n) is 4.21. The van der Waals surface area contributed by atoms with E-state index in [4.69, 9.17) is 0 Å². The molecule has 2 amide bonds. The normalized spacial score (nSPS) is 17.0. The van der Waals surface area contributed by atoms with Crippen LogP contribution in [0.1, 0.15) is 12.0 Å². The third-order valence-corrected chi connectivity index (χ3v) is 4.21. The molecule has 0 aliphatic carbocycles. The molecule has 1 saturated heterocycles. The Morgan fingerprint density at radius 1 is 1.04 bits per heavy atom. The molecule has 0 aromatic heterocycles. The second-order valence-corrected chi connectivity index (χ2v) is 6.16. The summed E-state index contributed by atoms with van der Waals surface area (Å²) in [4.78, 5) is 25.7. The van der Waals surface area contributed by atoms with Gasteiger partial charge in [-0.15, -0.1) is 0 Å². The molecule has 1 unspecified atom stereocenters. The lowest BCUT2D eigenvalue weighted by molar-refractivity contribution is -0.121. The number of nitrogens with zero attached hydrogens (tertiary/aromatic N) is 1. The van der Waals surface area contributed by atoms with Crippen LogP contribution in [0, 0.1) is 17.6 Å². The number of hydrogen-bond donors (Lipinski definition) is 1. The van der Waals surface area contributed by atoms with Gasteiger partial charge in [-0.2, -0.15) is 0 Å². The number of amides is 2. The Hall–Kier alpha value is -2.76. The maximum absolute atomic E-state index is 13.0. The number of anilines is 1. The molecule has 1 fully saturated rings. The van der Waals surface area contributed by atoms with Gasteiger partial charge in [0.1, 0.15) is 11.6 Å². The Morgan fingerprint density at radius 3 is 2.28 bits per heavy atom. The Morgan fingerprint density at radius 2 is 1.64 bits per heavy atom. The van der Waals surface area contributed by atoms with Crippen LogP contribution in [-0.4, -0.2) is 24.9 Å². The molecule has 0 radical (unpaired) electrons. The van der Waals surface area contributed by atoms with E-state index in [0.717, 1.165) is 5.56 Å².